The van der Waals surface area contributed by atoms with Crippen molar-refractivity contribution in [2.45, 2.75) is 31.3 Å². The fraction of sp³-hybridized carbons (Fsp3) is 0.278. The highest BCUT2D eigenvalue weighted by Crippen LogP contribution is 2.35. The van der Waals surface area contributed by atoms with Gasteiger partial charge >= 0.3 is 5.97 Å². The van der Waals surface area contributed by atoms with E-state index < -0.39 is 36.6 Å². The quantitative estimate of drug-likeness (QED) is 0.774. The van der Waals surface area contributed by atoms with Crippen LogP contribution in [0.5, 0.6) is 0 Å². The minimum Gasteiger partial charge on any atom is -0.482 e. The number of carbonyl (C=O) groups is 2. The van der Waals surface area contributed by atoms with Crippen molar-refractivity contribution in [3.05, 3.63) is 51.2 Å². The number of nitrogens with zero attached hydrogens (tertiary/aromatic N) is 2. The second kappa shape index (κ2) is 7.35. The molecule has 146 valence electrons. The number of carboxylic acid groups (broad SMARTS) is 1. The zero-order chi connectivity index (χ0) is 20.0. The molecule has 1 aromatic carbocycles. The molecule has 2 aliphatic rings. The number of rotatable bonds is 4. The number of alkyl halides is 1. The molecule has 10 heteroatoms. The van der Waals surface area contributed by atoms with Crippen molar-refractivity contribution >= 4 is 56.6 Å². The van der Waals surface area contributed by atoms with Gasteiger partial charge in [0.2, 0.25) is 0 Å². The summed E-state index contributed by atoms with van der Waals surface area (Å²) in [5, 5.41) is 10.4. The number of aromatic nitrogens is 1. The molecule has 0 radical (unpaired) electrons. The van der Waals surface area contributed by atoms with Gasteiger partial charge in [0.15, 0.2) is 6.10 Å². The van der Waals surface area contributed by atoms with Crippen LogP contribution < -0.4 is 0 Å². The van der Waals surface area contributed by atoms with Gasteiger partial charge in [-0.1, -0.05) is 29.3 Å². The monoisotopic (exact) mass is 442 g/mol. The first-order valence-electron chi connectivity index (χ1n) is 8.29. The number of aliphatic carboxylic acids is 1. The van der Waals surface area contributed by atoms with Gasteiger partial charge in [0.05, 0.1) is 22.7 Å². The lowest BCUT2D eigenvalue weighted by Gasteiger charge is -2.42. The van der Waals surface area contributed by atoms with E-state index in [1.54, 1.807) is 18.2 Å². The van der Waals surface area contributed by atoms with E-state index in [-0.39, 0.29) is 12.3 Å². The Bertz CT molecular complexity index is 1040. The molecule has 3 unspecified atom stereocenters. The fourth-order valence-electron chi connectivity index (χ4n) is 3.27. The summed E-state index contributed by atoms with van der Waals surface area (Å²) in [7, 11) is 0. The third kappa shape index (κ3) is 3.47. The second-order valence-corrected chi connectivity index (χ2v) is 8.31. The molecule has 0 saturated carbocycles. The van der Waals surface area contributed by atoms with Crippen LogP contribution in [0, 0.1) is 0 Å². The SMILES string of the molecule is O=C(O)CC1OC2=CC=CC(F)C2N(Cc2nc3c(Cl)cc(Cl)cc3s2)C1=O. The maximum atomic E-state index is 14.6. The molecular formula is C18H13Cl2FN2O4S. The van der Waals surface area contributed by atoms with E-state index in [4.69, 9.17) is 33.0 Å². The number of allylic oxidation sites excluding steroid dienone is 2. The van der Waals surface area contributed by atoms with Crippen LogP contribution in [0.15, 0.2) is 36.1 Å². The van der Waals surface area contributed by atoms with E-state index in [0.29, 0.717) is 20.6 Å². The molecule has 28 heavy (non-hydrogen) atoms. The number of hydrogen-bond donors (Lipinski definition) is 1. The van der Waals surface area contributed by atoms with Gasteiger partial charge < -0.3 is 14.7 Å². The summed E-state index contributed by atoms with van der Waals surface area (Å²) in [5.74, 6) is -1.55. The molecule has 1 aliphatic carbocycles. The second-order valence-electron chi connectivity index (χ2n) is 6.36. The lowest BCUT2D eigenvalue weighted by Crippen LogP contribution is -2.56. The highest BCUT2D eigenvalue weighted by atomic mass is 35.5. The highest BCUT2D eigenvalue weighted by Gasteiger charge is 2.45. The van der Waals surface area contributed by atoms with E-state index >= 15 is 0 Å². The predicted octanol–water partition coefficient (Wildman–Crippen LogP) is 3.97. The molecule has 2 heterocycles. The van der Waals surface area contributed by atoms with E-state index in [0.717, 1.165) is 4.70 Å². The normalized spacial score (nSPS) is 24.1. The molecule has 1 N–H and O–H groups in total. The molecule has 1 saturated heterocycles. The molecule has 6 nitrogen and oxygen atoms in total. The van der Waals surface area contributed by atoms with Gasteiger partial charge in [0.1, 0.15) is 28.5 Å². The molecule has 2 aromatic rings. The number of carbonyl (C=O) groups excluding carboxylic acids is 1. The van der Waals surface area contributed by atoms with Gasteiger partial charge in [-0.3, -0.25) is 9.59 Å². The predicted molar refractivity (Wildman–Crippen MR) is 103 cm³/mol. The maximum Gasteiger partial charge on any atom is 0.307 e. The summed E-state index contributed by atoms with van der Waals surface area (Å²) >= 11 is 13.5. The summed E-state index contributed by atoms with van der Waals surface area (Å²) in [5.41, 5.74) is 0.546. The third-order valence-corrected chi connectivity index (χ3v) is 5.94. The van der Waals surface area contributed by atoms with Crippen LogP contribution in [0.3, 0.4) is 0 Å². The van der Waals surface area contributed by atoms with E-state index in [2.05, 4.69) is 4.98 Å². The minimum atomic E-state index is -1.47. The van der Waals surface area contributed by atoms with Gasteiger partial charge in [-0.25, -0.2) is 9.37 Å². The lowest BCUT2D eigenvalue weighted by atomic mass is 9.99. The third-order valence-electron chi connectivity index (χ3n) is 4.44. The van der Waals surface area contributed by atoms with Crippen LogP contribution >= 0.6 is 34.5 Å². The Kier molecular flexibility index (Phi) is 5.03. The van der Waals surface area contributed by atoms with Gasteiger partial charge in [-0.15, -0.1) is 11.3 Å². The van der Waals surface area contributed by atoms with Crippen molar-refractivity contribution in [1.82, 2.24) is 9.88 Å². The number of halogens is 3. The van der Waals surface area contributed by atoms with Crippen LogP contribution in [-0.4, -0.2) is 45.2 Å². The van der Waals surface area contributed by atoms with Crippen LogP contribution in [-0.2, 0) is 20.9 Å². The molecule has 1 amide bonds. The van der Waals surface area contributed by atoms with Crippen LogP contribution in [0.25, 0.3) is 10.2 Å². The number of amides is 1. The average molecular weight is 443 g/mol. The minimum absolute atomic E-state index is 0.00186. The summed E-state index contributed by atoms with van der Waals surface area (Å²) < 4.78 is 20.8. The van der Waals surface area contributed by atoms with Crippen LogP contribution in [0.2, 0.25) is 10.0 Å². The fourth-order valence-corrected chi connectivity index (χ4v) is 4.96. The average Bonchev–Trinajstić information content (AvgIpc) is 3.01. The van der Waals surface area contributed by atoms with Gasteiger partial charge in [0.25, 0.3) is 5.91 Å². The van der Waals surface area contributed by atoms with Gasteiger partial charge in [-0.2, -0.15) is 0 Å². The zero-order valence-electron chi connectivity index (χ0n) is 14.1. The van der Waals surface area contributed by atoms with E-state index in [9.17, 15) is 14.0 Å². The summed E-state index contributed by atoms with van der Waals surface area (Å²) in [6.07, 6.45) is 1.16. The highest BCUT2D eigenvalue weighted by molar-refractivity contribution is 7.18. The van der Waals surface area contributed by atoms with Crippen molar-refractivity contribution in [1.29, 1.82) is 0 Å². The molecule has 0 bridgehead atoms. The van der Waals surface area contributed by atoms with E-state index in [1.807, 2.05) is 0 Å². The Labute approximate surface area is 172 Å². The van der Waals surface area contributed by atoms with Crippen LogP contribution in [0.4, 0.5) is 4.39 Å². The summed E-state index contributed by atoms with van der Waals surface area (Å²) in [4.78, 5) is 29.7. The molecule has 3 atom stereocenters. The Morgan fingerprint density at radius 3 is 2.93 bits per heavy atom. The zero-order valence-corrected chi connectivity index (χ0v) is 16.5. The lowest BCUT2D eigenvalue weighted by molar-refractivity contribution is -0.160. The number of ether oxygens (including phenoxy) is 1. The molecule has 1 aromatic heterocycles. The van der Waals surface area contributed by atoms with Crippen molar-refractivity contribution in [2.24, 2.45) is 0 Å². The van der Waals surface area contributed by atoms with Gasteiger partial charge in [-0.05, 0) is 24.3 Å². The molecule has 1 aliphatic heterocycles. The molecular weight excluding hydrogens is 430 g/mol. The van der Waals surface area contributed by atoms with Crippen molar-refractivity contribution in [3.63, 3.8) is 0 Å². The number of carboxylic acids is 1. The maximum absolute atomic E-state index is 14.6. The first-order chi connectivity index (χ1) is 13.3. The Morgan fingerprint density at radius 2 is 2.18 bits per heavy atom. The number of hydrogen-bond acceptors (Lipinski definition) is 5. The largest absolute Gasteiger partial charge is 0.482 e. The van der Waals surface area contributed by atoms with Gasteiger partial charge in [0, 0.05) is 5.02 Å². The number of benzene rings is 1. The first-order valence-corrected chi connectivity index (χ1v) is 9.86. The Balaban J connectivity index is 1.70. The summed E-state index contributed by atoms with van der Waals surface area (Å²) in [6.45, 7) is 0.00186. The standard InChI is InChI=1S/C18H13Cl2FN2O4S/c19-8-4-9(20)16-13(5-8)28-14(22-16)7-23-17-10(21)2-1-3-11(17)27-12(18(23)26)6-15(24)25/h1-5,10,12,17H,6-7H2,(H,24,25). The summed E-state index contributed by atoms with van der Waals surface area (Å²) in [6, 6.07) is 2.32. The Morgan fingerprint density at radius 1 is 1.39 bits per heavy atom. The number of thiazole rings is 1. The topological polar surface area (TPSA) is 79.7 Å². The van der Waals surface area contributed by atoms with Crippen molar-refractivity contribution in [3.8, 4) is 0 Å². The smallest absolute Gasteiger partial charge is 0.307 e. The number of morpholine rings is 1. The first kappa shape index (κ1) is 19.2. The molecule has 1 fully saturated rings. The van der Waals surface area contributed by atoms with Crippen molar-refractivity contribution in [2.75, 3.05) is 0 Å². The van der Waals surface area contributed by atoms with Crippen LogP contribution in [0.1, 0.15) is 11.4 Å². The molecule has 0 spiro atoms. The van der Waals surface area contributed by atoms with E-state index in [1.165, 1.54) is 28.4 Å². The van der Waals surface area contributed by atoms with Crippen molar-refractivity contribution < 1.29 is 23.8 Å². The number of fused-ring (bicyclic) bond motifs is 2. The Hall–Kier alpha value is -2.16. The molecule has 4 rings (SSSR count).